The third-order valence-electron chi connectivity index (χ3n) is 10.0. The number of hydrogen-bond donors (Lipinski definition) is 0. The van der Waals surface area contributed by atoms with E-state index in [0.717, 1.165) is 42.4 Å². The van der Waals surface area contributed by atoms with E-state index < -0.39 is 0 Å². The van der Waals surface area contributed by atoms with E-state index >= 15 is 0 Å². The molecule has 0 N–H and O–H groups in total. The topological polar surface area (TPSA) is 73.6 Å². The van der Waals surface area contributed by atoms with Gasteiger partial charge in [0.2, 0.25) is 0 Å². The van der Waals surface area contributed by atoms with Crippen LogP contribution < -0.4 is 5.63 Å². The number of Topliss-reactive ketones (excluding diaryl/α,β-unsaturated/α-hetero) is 1. The minimum atomic E-state index is -0.322. The predicted molar refractivity (Wildman–Crippen MR) is 146 cm³/mol. The predicted octanol–water partition coefficient (Wildman–Crippen LogP) is 6.99. The third kappa shape index (κ3) is 4.59. The molecule has 0 bridgehead atoms. The molecular formula is C32H42O5. The summed E-state index contributed by atoms with van der Waals surface area (Å²) in [6, 6.07) is 3.58. The molecule has 0 saturated heterocycles. The molecule has 3 fully saturated rings. The van der Waals surface area contributed by atoms with Gasteiger partial charge in [0.1, 0.15) is 11.9 Å². The fourth-order valence-corrected chi connectivity index (χ4v) is 8.17. The molecule has 0 amide bonds. The van der Waals surface area contributed by atoms with Crippen molar-refractivity contribution in [3.8, 4) is 0 Å². The second kappa shape index (κ2) is 9.56. The molecule has 5 heteroatoms. The standard InChI is InChI=1S/C32H42O5/c1-19(24-13-12-21(3)29(35)37-24)10-9-11-20(2)28-23(34)18-26-31(7)17-15-27(36-22(4)33)30(5,6)25(31)14-16-32(26,28)8/h9-13,25-27H,14-18H2,1-8H3/t25-,26-,27-,31-,32-/m0/s1. The summed E-state index contributed by atoms with van der Waals surface area (Å²) in [5.41, 5.74) is 2.84. The van der Waals surface area contributed by atoms with Gasteiger partial charge in [-0.3, -0.25) is 9.59 Å². The Morgan fingerprint density at radius 1 is 1.03 bits per heavy atom. The van der Waals surface area contributed by atoms with E-state index in [1.807, 2.05) is 38.1 Å². The van der Waals surface area contributed by atoms with Crippen molar-refractivity contribution in [3.63, 3.8) is 0 Å². The first-order chi connectivity index (χ1) is 17.2. The number of carbonyl (C=O) groups excluding carboxylic acids is 2. The van der Waals surface area contributed by atoms with E-state index in [0.29, 0.717) is 23.7 Å². The summed E-state index contributed by atoms with van der Waals surface area (Å²) in [6.45, 7) is 16.4. The van der Waals surface area contributed by atoms with Crippen LogP contribution >= 0.6 is 0 Å². The van der Waals surface area contributed by atoms with Crippen LogP contribution in [0.3, 0.4) is 0 Å². The zero-order valence-electron chi connectivity index (χ0n) is 23.7. The van der Waals surface area contributed by atoms with Crippen molar-refractivity contribution in [1.82, 2.24) is 0 Å². The van der Waals surface area contributed by atoms with Gasteiger partial charge >= 0.3 is 11.6 Å². The lowest BCUT2D eigenvalue weighted by Gasteiger charge is -2.62. The molecule has 5 atom stereocenters. The van der Waals surface area contributed by atoms with Crippen molar-refractivity contribution in [3.05, 3.63) is 63.3 Å². The van der Waals surface area contributed by atoms with E-state index in [2.05, 4.69) is 27.7 Å². The summed E-state index contributed by atoms with van der Waals surface area (Å²) in [5.74, 6) is 1.28. The van der Waals surface area contributed by atoms with Crippen molar-refractivity contribution in [1.29, 1.82) is 0 Å². The lowest BCUT2D eigenvalue weighted by Crippen LogP contribution is -2.58. The Bertz CT molecular complexity index is 1260. The summed E-state index contributed by atoms with van der Waals surface area (Å²) >= 11 is 0. The Kier molecular flexibility index (Phi) is 7.07. The first kappa shape index (κ1) is 27.3. The van der Waals surface area contributed by atoms with Crippen molar-refractivity contribution in [2.75, 3.05) is 0 Å². The largest absolute Gasteiger partial charge is 0.462 e. The van der Waals surface area contributed by atoms with E-state index in [-0.39, 0.29) is 45.6 Å². The second-order valence-electron chi connectivity index (χ2n) is 12.7. The molecule has 5 nitrogen and oxygen atoms in total. The minimum Gasteiger partial charge on any atom is -0.462 e. The maximum Gasteiger partial charge on any atom is 0.339 e. The molecule has 3 saturated carbocycles. The van der Waals surface area contributed by atoms with Gasteiger partial charge in [0.25, 0.3) is 0 Å². The summed E-state index contributed by atoms with van der Waals surface area (Å²) in [7, 11) is 0. The number of ether oxygens (including phenoxy) is 1. The van der Waals surface area contributed by atoms with Crippen LogP contribution in [0, 0.1) is 35.0 Å². The molecule has 0 aromatic carbocycles. The van der Waals surface area contributed by atoms with Gasteiger partial charge in [0, 0.05) is 35.3 Å². The maximum absolute atomic E-state index is 13.5. The quantitative estimate of drug-likeness (QED) is 0.250. The second-order valence-corrected chi connectivity index (χ2v) is 12.7. The highest BCUT2D eigenvalue weighted by Crippen LogP contribution is 2.69. The summed E-state index contributed by atoms with van der Waals surface area (Å²) in [5, 5.41) is 0. The van der Waals surface area contributed by atoms with Gasteiger partial charge in [-0.05, 0) is 87.0 Å². The van der Waals surface area contributed by atoms with Crippen LogP contribution in [0.25, 0.3) is 5.57 Å². The Labute approximate surface area is 221 Å². The molecule has 1 aromatic rings. The lowest BCUT2D eigenvalue weighted by molar-refractivity contribution is -0.185. The fourth-order valence-electron chi connectivity index (χ4n) is 8.17. The molecule has 37 heavy (non-hydrogen) atoms. The third-order valence-corrected chi connectivity index (χ3v) is 10.0. The molecule has 200 valence electrons. The number of fused-ring (bicyclic) bond motifs is 3. The monoisotopic (exact) mass is 506 g/mol. The van der Waals surface area contributed by atoms with Gasteiger partial charge < -0.3 is 9.15 Å². The molecule has 4 rings (SSSR count). The van der Waals surface area contributed by atoms with Gasteiger partial charge in [-0.15, -0.1) is 0 Å². The molecule has 1 aromatic heterocycles. The molecule has 0 aliphatic heterocycles. The number of aryl methyl sites for hydroxylation is 1. The Balaban J connectivity index is 1.62. The van der Waals surface area contributed by atoms with Crippen LogP contribution in [0.4, 0.5) is 0 Å². The number of allylic oxidation sites excluding steroid dienone is 6. The molecular weight excluding hydrogens is 464 g/mol. The number of rotatable bonds is 4. The summed E-state index contributed by atoms with van der Waals surface area (Å²) in [4.78, 5) is 37.2. The number of carbonyl (C=O) groups is 2. The van der Waals surface area contributed by atoms with Gasteiger partial charge in [-0.1, -0.05) is 45.9 Å². The fraction of sp³-hybridized carbons (Fsp3) is 0.594. The van der Waals surface area contributed by atoms with Crippen LogP contribution in [0.15, 0.2) is 50.7 Å². The summed E-state index contributed by atoms with van der Waals surface area (Å²) in [6.07, 6.45) is 10.2. The molecule has 0 unspecified atom stereocenters. The number of esters is 1. The van der Waals surface area contributed by atoms with Crippen LogP contribution in [0.5, 0.6) is 0 Å². The van der Waals surface area contributed by atoms with Gasteiger partial charge in [-0.2, -0.15) is 0 Å². The van der Waals surface area contributed by atoms with E-state index in [1.165, 1.54) is 6.92 Å². The normalized spacial score (nSPS) is 34.8. The van der Waals surface area contributed by atoms with Gasteiger partial charge in [0.05, 0.1) is 0 Å². The van der Waals surface area contributed by atoms with Crippen molar-refractivity contribution < 1.29 is 18.7 Å². The maximum atomic E-state index is 13.5. The van der Waals surface area contributed by atoms with Crippen LogP contribution in [-0.4, -0.2) is 17.9 Å². The van der Waals surface area contributed by atoms with Crippen LogP contribution in [0.1, 0.15) is 91.9 Å². The Morgan fingerprint density at radius 3 is 2.38 bits per heavy atom. The zero-order chi connectivity index (χ0) is 27.3. The lowest BCUT2D eigenvalue weighted by atomic mass is 9.43. The number of ketones is 1. The minimum absolute atomic E-state index is 0.0219. The van der Waals surface area contributed by atoms with Crippen molar-refractivity contribution >= 4 is 17.3 Å². The molecule has 0 radical (unpaired) electrons. The molecule has 3 aliphatic carbocycles. The van der Waals surface area contributed by atoms with Crippen molar-refractivity contribution in [2.24, 2.45) is 28.1 Å². The van der Waals surface area contributed by atoms with Crippen molar-refractivity contribution in [2.45, 2.75) is 93.6 Å². The number of hydrogen-bond acceptors (Lipinski definition) is 5. The Morgan fingerprint density at radius 2 is 1.73 bits per heavy atom. The van der Waals surface area contributed by atoms with E-state index in [9.17, 15) is 14.4 Å². The first-order valence-corrected chi connectivity index (χ1v) is 13.6. The van der Waals surface area contributed by atoms with Crippen LogP contribution in [0.2, 0.25) is 0 Å². The average molecular weight is 507 g/mol. The average Bonchev–Trinajstić information content (AvgIpc) is 3.08. The summed E-state index contributed by atoms with van der Waals surface area (Å²) < 4.78 is 11.2. The molecule has 3 aliphatic rings. The van der Waals surface area contributed by atoms with Gasteiger partial charge in [0.15, 0.2) is 5.78 Å². The SMILES string of the molecule is CC(=O)O[C@H]1CC[C@@]2(C)[C@@H](CC[C@]3(C)C(=C(C)C=CC=C(C)c4ccc(C)c(=O)o4)C(=O)C[C@@H]23)C1(C)C. The first-order valence-electron chi connectivity index (χ1n) is 13.6. The smallest absolute Gasteiger partial charge is 0.339 e. The highest BCUT2D eigenvalue weighted by molar-refractivity contribution is 6.00. The van der Waals surface area contributed by atoms with Crippen LogP contribution in [-0.2, 0) is 14.3 Å². The zero-order valence-corrected chi connectivity index (χ0v) is 23.7. The molecule has 1 heterocycles. The van der Waals surface area contributed by atoms with E-state index in [4.69, 9.17) is 9.15 Å². The van der Waals surface area contributed by atoms with Gasteiger partial charge in [-0.25, -0.2) is 4.79 Å². The Hall–Kier alpha value is -2.69. The molecule has 0 spiro atoms. The highest BCUT2D eigenvalue weighted by Gasteiger charge is 2.65. The van der Waals surface area contributed by atoms with E-state index in [1.54, 1.807) is 13.0 Å². The highest BCUT2D eigenvalue weighted by atomic mass is 16.5.